The molecule has 33 heavy (non-hydrogen) atoms. The second-order valence-corrected chi connectivity index (χ2v) is 14.5. The number of allylic oxidation sites excluding steroid dienone is 2. The Kier molecular flexibility index (Phi) is 5.61. The van der Waals surface area contributed by atoms with Crippen molar-refractivity contribution in [3.63, 3.8) is 0 Å². The van der Waals surface area contributed by atoms with Crippen molar-refractivity contribution in [1.29, 1.82) is 0 Å². The molecule has 0 radical (unpaired) electrons. The average Bonchev–Trinajstić information content (AvgIpc) is 3.48. The number of epoxide rings is 1. The fourth-order valence-corrected chi connectivity index (χ4v) is 9.75. The number of rotatable bonds is 4. The predicted octanol–water partition coefficient (Wildman–Crippen LogP) is 7.71. The molecule has 3 unspecified atom stereocenters. The molecule has 1 heterocycles. The van der Waals surface area contributed by atoms with Crippen LogP contribution in [0.25, 0.3) is 0 Å². The largest absolute Gasteiger partial charge is 0.369 e. The lowest BCUT2D eigenvalue weighted by molar-refractivity contribution is -0.133. The summed E-state index contributed by atoms with van der Waals surface area (Å²) in [7, 11) is 0. The van der Waals surface area contributed by atoms with Gasteiger partial charge in [0.05, 0.1) is 12.2 Å². The van der Waals surface area contributed by atoms with Gasteiger partial charge in [-0.3, -0.25) is 4.79 Å². The normalized spacial score (nSPS) is 53.1. The number of ether oxygens (including phenoxy) is 1. The van der Waals surface area contributed by atoms with E-state index in [2.05, 4.69) is 68.4 Å². The molecular formula is C31H50O2. The molecule has 5 aliphatic rings. The summed E-state index contributed by atoms with van der Waals surface area (Å²) in [5.74, 6) is 5.34. The molecule has 4 fully saturated rings. The summed E-state index contributed by atoms with van der Waals surface area (Å²) in [5, 5.41) is 0. The minimum Gasteiger partial charge on any atom is -0.369 e. The predicted molar refractivity (Wildman–Crippen MR) is 136 cm³/mol. The maximum atomic E-state index is 13.6. The van der Waals surface area contributed by atoms with Crippen molar-refractivity contribution in [3.8, 4) is 0 Å². The lowest BCUT2D eigenvalue weighted by atomic mass is 9.42. The summed E-state index contributed by atoms with van der Waals surface area (Å²) >= 11 is 0. The van der Waals surface area contributed by atoms with Crippen LogP contribution in [0.2, 0.25) is 0 Å². The van der Waals surface area contributed by atoms with Crippen LogP contribution in [0.15, 0.2) is 11.6 Å². The van der Waals surface area contributed by atoms with E-state index in [4.69, 9.17) is 4.74 Å². The molecule has 2 nitrogen and oxygen atoms in total. The Morgan fingerprint density at radius 2 is 1.64 bits per heavy atom. The Labute approximate surface area is 203 Å². The molecule has 0 spiro atoms. The van der Waals surface area contributed by atoms with Gasteiger partial charge in [0.25, 0.3) is 0 Å². The molecule has 4 aliphatic carbocycles. The molecule has 186 valence electrons. The van der Waals surface area contributed by atoms with Crippen LogP contribution in [0.3, 0.4) is 0 Å². The highest BCUT2D eigenvalue weighted by Crippen LogP contribution is 2.72. The average molecular weight is 455 g/mol. The van der Waals surface area contributed by atoms with Crippen molar-refractivity contribution in [3.05, 3.63) is 11.6 Å². The van der Waals surface area contributed by atoms with Gasteiger partial charge in [-0.1, -0.05) is 67.9 Å². The number of carbonyl (C=O) groups excluding carboxylic acids is 1. The number of hydrogen-bond acceptors (Lipinski definition) is 2. The molecule has 0 amide bonds. The molecule has 5 rings (SSSR count). The smallest absolute Gasteiger partial charge is 0.159 e. The van der Waals surface area contributed by atoms with Gasteiger partial charge in [-0.2, -0.15) is 0 Å². The lowest BCUT2D eigenvalue weighted by Crippen LogP contribution is -2.56. The van der Waals surface area contributed by atoms with Crippen molar-refractivity contribution in [2.45, 2.75) is 113 Å². The van der Waals surface area contributed by atoms with Gasteiger partial charge < -0.3 is 4.74 Å². The van der Waals surface area contributed by atoms with Gasteiger partial charge >= 0.3 is 0 Å². The second-order valence-electron chi connectivity index (χ2n) is 14.5. The zero-order valence-electron chi connectivity index (χ0n) is 22.9. The van der Waals surface area contributed by atoms with Gasteiger partial charge in [0, 0.05) is 5.92 Å². The van der Waals surface area contributed by atoms with Crippen LogP contribution < -0.4 is 0 Å². The Balaban J connectivity index is 1.44. The van der Waals surface area contributed by atoms with Crippen molar-refractivity contribution >= 4 is 5.78 Å². The van der Waals surface area contributed by atoms with Crippen LogP contribution in [0, 0.1) is 63.6 Å². The Morgan fingerprint density at radius 3 is 2.30 bits per heavy atom. The summed E-state index contributed by atoms with van der Waals surface area (Å²) in [6.07, 6.45) is 10.5. The van der Waals surface area contributed by atoms with E-state index in [-0.39, 0.29) is 22.2 Å². The number of hydrogen-bond donors (Lipinski definition) is 0. The lowest BCUT2D eigenvalue weighted by Gasteiger charge is -2.61. The number of fused-ring (bicyclic) bond motifs is 5. The summed E-state index contributed by atoms with van der Waals surface area (Å²) in [4.78, 5) is 13.6. The van der Waals surface area contributed by atoms with Gasteiger partial charge in [-0.05, 0) is 102 Å². The van der Waals surface area contributed by atoms with Crippen molar-refractivity contribution in [1.82, 2.24) is 0 Å². The molecule has 3 saturated carbocycles. The van der Waals surface area contributed by atoms with Gasteiger partial charge in [0.1, 0.15) is 0 Å². The SMILES string of the molecule is CC(C)C(C)C1O[C@H]1[C@@H](C)[C@H]1CC[C@@]2(C)C3=CC(=O)[C@@H]4C[C@@H](C)[C@@H](C)C[C@]4(C)C3CC[C@]12C. The van der Waals surface area contributed by atoms with Crippen molar-refractivity contribution < 1.29 is 9.53 Å². The first-order valence-electron chi connectivity index (χ1n) is 14.3. The summed E-state index contributed by atoms with van der Waals surface area (Å²) < 4.78 is 6.34. The quantitative estimate of drug-likeness (QED) is 0.407. The molecule has 12 atom stereocenters. The van der Waals surface area contributed by atoms with E-state index in [0.29, 0.717) is 53.5 Å². The van der Waals surface area contributed by atoms with Crippen LogP contribution >= 0.6 is 0 Å². The minimum absolute atomic E-state index is 0.165. The standard InChI is InChI=1S/C31H50O2/c1-17(2)20(5)27-28(33-27)21(6)22-10-12-31(9)24-15-26(32)25-14-18(3)19(4)16-29(25,7)23(24)11-13-30(22,31)8/h15,17-23,25,27-28H,10-14,16H2,1-9H3/t18-,19+,20?,21+,22-,23?,25+,27?,28+,29-,30-,31+/m1/s1. The van der Waals surface area contributed by atoms with Crippen LogP contribution in [0.4, 0.5) is 0 Å². The fourth-order valence-electron chi connectivity index (χ4n) is 9.75. The zero-order valence-corrected chi connectivity index (χ0v) is 22.9. The van der Waals surface area contributed by atoms with E-state index in [1.165, 1.54) is 32.1 Å². The third kappa shape index (κ3) is 3.24. The van der Waals surface area contributed by atoms with E-state index in [9.17, 15) is 4.79 Å². The molecule has 0 aromatic heterocycles. The minimum atomic E-state index is 0.165. The van der Waals surface area contributed by atoms with Crippen LogP contribution in [-0.2, 0) is 9.53 Å². The molecule has 2 heteroatoms. The molecule has 0 N–H and O–H groups in total. The second kappa shape index (κ2) is 7.68. The molecule has 1 aliphatic heterocycles. The third-order valence-electron chi connectivity index (χ3n) is 12.9. The van der Waals surface area contributed by atoms with Crippen LogP contribution in [0.5, 0.6) is 0 Å². The van der Waals surface area contributed by atoms with E-state index in [1.807, 2.05) is 0 Å². The maximum Gasteiger partial charge on any atom is 0.159 e. The highest BCUT2D eigenvalue weighted by Gasteiger charge is 2.66. The first-order chi connectivity index (χ1) is 15.3. The molecule has 0 aromatic carbocycles. The van der Waals surface area contributed by atoms with E-state index >= 15 is 0 Å². The van der Waals surface area contributed by atoms with Crippen molar-refractivity contribution in [2.24, 2.45) is 63.6 Å². The van der Waals surface area contributed by atoms with E-state index in [0.717, 1.165) is 12.3 Å². The molecular weight excluding hydrogens is 404 g/mol. The maximum absolute atomic E-state index is 13.6. The zero-order chi connectivity index (χ0) is 24.1. The van der Waals surface area contributed by atoms with Gasteiger partial charge in [-0.25, -0.2) is 0 Å². The number of carbonyl (C=O) groups is 1. The molecule has 0 aromatic rings. The summed E-state index contributed by atoms with van der Waals surface area (Å²) in [5.41, 5.74) is 2.17. The molecule has 1 saturated heterocycles. The molecule has 0 bridgehead atoms. The van der Waals surface area contributed by atoms with E-state index in [1.54, 1.807) is 5.57 Å². The van der Waals surface area contributed by atoms with Gasteiger partial charge in [0.2, 0.25) is 0 Å². The topological polar surface area (TPSA) is 29.6 Å². The monoisotopic (exact) mass is 454 g/mol. The third-order valence-corrected chi connectivity index (χ3v) is 12.9. The Morgan fingerprint density at radius 1 is 0.939 bits per heavy atom. The highest BCUT2D eigenvalue weighted by atomic mass is 16.6. The van der Waals surface area contributed by atoms with Crippen molar-refractivity contribution in [2.75, 3.05) is 0 Å². The van der Waals surface area contributed by atoms with Gasteiger partial charge in [-0.15, -0.1) is 0 Å². The Bertz CT molecular complexity index is 842. The van der Waals surface area contributed by atoms with E-state index < -0.39 is 0 Å². The first kappa shape index (κ1) is 24.1. The fraction of sp³-hybridized carbons (Fsp3) is 0.903. The highest BCUT2D eigenvalue weighted by molar-refractivity contribution is 5.94. The Hall–Kier alpha value is -0.630. The van der Waals surface area contributed by atoms with Gasteiger partial charge in [0.15, 0.2) is 5.78 Å². The summed E-state index contributed by atoms with van der Waals surface area (Å²) in [6, 6.07) is 0. The summed E-state index contributed by atoms with van der Waals surface area (Å²) in [6.45, 7) is 21.9. The number of ketones is 1. The van der Waals surface area contributed by atoms with Crippen LogP contribution in [-0.4, -0.2) is 18.0 Å². The van der Waals surface area contributed by atoms with Crippen LogP contribution in [0.1, 0.15) is 101 Å². The first-order valence-corrected chi connectivity index (χ1v) is 14.3.